The summed E-state index contributed by atoms with van der Waals surface area (Å²) < 4.78 is 5.26. The van der Waals surface area contributed by atoms with E-state index in [4.69, 9.17) is 4.74 Å². The van der Waals surface area contributed by atoms with Crippen molar-refractivity contribution in [1.82, 2.24) is 10.3 Å². The van der Waals surface area contributed by atoms with Crippen LogP contribution >= 0.6 is 0 Å². The lowest BCUT2D eigenvalue weighted by Crippen LogP contribution is -2.46. The first-order valence-electron chi connectivity index (χ1n) is 7.23. The zero-order valence-corrected chi connectivity index (χ0v) is 12.8. The smallest absolute Gasteiger partial charge is 0.407 e. The van der Waals surface area contributed by atoms with Crippen LogP contribution in [0.25, 0.3) is 0 Å². The van der Waals surface area contributed by atoms with E-state index in [9.17, 15) is 9.90 Å². The Balaban J connectivity index is 1.80. The van der Waals surface area contributed by atoms with Crippen molar-refractivity contribution in [3.8, 4) is 5.75 Å². The van der Waals surface area contributed by atoms with Crippen molar-refractivity contribution < 1.29 is 14.6 Å². The van der Waals surface area contributed by atoms with E-state index in [1.165, 1.54) is 6.20 Å². The highest BCUT2D eigenvalue weighted by atomic mass is 16.6. The Bertz CT molecular complexity index is 474. The van der Waals surface area contributed by atoms with Crippen molar-refractivity contribution in [1.29, 1.82) is 0 Å². The molecule has 1 amide bonds. The van der Waals surface area contributed by atoms with Crippen molar-refractivity contribution in [2.75, 3.05) is 18.0 Å². The van der Waals surface area contributed by atoms with E-state index >= 15 is 0 Å². The quantitative estimate of drug-likeness (QED) is 0.875. The summed E-state index contributed by atoms with van der Waals surface area (Å²) in [6.07, 6.45) is 2.79. The van der Waals surface area contributed by atoms with Gasteiger partial charge in [-0.15, -0.1) is 0 Å². The average molecular weight is 293 g/mol. The third kappa shape index (κ3) is 4.81. The zero-order chi connectivity index (χ0) is 15.5. The van der Waals surface area contributed by atoms with E-state index < -0.39 is 5.60 Å². The van der Waals surface area contributed by atoms with E-state index in [-0.39, 0.29) is 17.9 Å². The number of nitrogens with zero attached hydrogens (tertiary/aromatic N) is 2. The van der Waals surface area contributed by atoms with Gasteiger partial charge in [0.1, 0.15) is 17.2 Å². The molecule has 2 N–H and O–H groups in total. The molecule has 0 unspecified atom stereocenters. The van der Waals surface area contributed by atoms with Crippen molar-refractivity contribution >= 4 is 11.9 Å². The van der Waals surface area contributed by atoms with Crippen molar-refractivity contribution in [2.24, 2.45) is 0 Å². The number of hydrogen-bond donors (Lipinski definition) is 2. The number of piperidine rings is 1. The Hall–Kier alpha value is -1.98. The summed E-state index contributed by atoms with van der Waals surface area (Å²) in [5, 5.41) is 12.2. The number of amides is 1. The Morgan fingerprint density at radius 3 is 2.57 bits per heavy atom. The van der Waals surface area contributed by atoms with Gasteiger partial charge in [0.05, 0.1) is 6.20 Å². The van der Waals surface area contributed by atoms with Gasteiger partial charge in [0.15, 0.2) is 0 Å². The molecule has 116 valence electrons. The molecule has 1 aromatic heterocycles. The van der Waals surface area contributed by atoms with Crippen LogP contribution in [0.3, 0.4) is 0 Å². The molecule has 0 atom stereocenters. The van der Waals surface area contributed by atoms with Gasteiger partial charge in [0, 0.05) is 19.1 Å². The van der Waals surface area contributed by atoms with Crippen molar-refractivity contribution in [3.63, 3.8) is 0 Å². The molecule has 1 saturated heterocycles. The maximum Gasteiger partial charge on any atom is 0.407 e. The predicted octanol–water partition coefficient (Wildman–Crippen LogP) is 2.28. The minimum atomic E-state index is -0.471. The molecule has 1 aliphatic rings. The molecule has 6 nitrogen and oxygen atoms in total. The summed E-state index contributed by atoms with van der Waals surface area (Å²) in [6.45, 7) is 7.19. The van der Waals surface area contributed by atoms with Crippen LogP contribution in [0.2, 0.25) is 0 Å². The van der Waals surface area contributed by atoms with E-state index in [1.807, 2.05) is 20.8 Å². The van der Waals surface area contributed by atoms with E-state index in [0.29, 0.717) is 0 Å². The van der Waals surface area contributed by atoms with Crippen LogP contribution in [0.4, 0.5) is 10.6 Å². The maximum absolute atomic E-state index is 11.7. The normalized spacial score (nSPS) is 16.6. The number of ether oxygens (including phenoxy) is 1. The first kappa shape index (κ1) is 15.4. The molecule has 0 spiro atoms. The van der Waals surface area contributed by atoms with Crippen LogP contribution in [0.1, 0.15) is 33.6 Å². The summed E-state index contributed by atoms with van der Waals surface area (Å²) >= 11 is 0. The molecule has 0 aromatic carbocycles. The van der Waals surface area contributed by atoms with E-state index in [0.717, 1.165) is 31.7 Å². The minimum absolute atomic E-state index is 0.133. The summed E-state index contributed by atoms with van der Waals surface area (Å²) in [6, 6.07) is 3.57. The number of aromatic hydroxyl groups is 1. The fourth-order valence-electron chi connectivity index (χ4n) is 2.29. The first-order valence-corrected chi connectivity index (χ1v) is 7.23. The standard InChI is InChI=1S/C15H23N3O3/c1-15(2,3)21-14(20)17-11-6-8-18(9-7-11)13-5-4-12(19)10-16-13/h4-5,10-11,19H,6-9H2,1-3H3,(H,17,20). The number of alkyl carbamates (subject to hydrolysis) is 1. The van der Waals surface area contributed by atoms with Crippen LogP contribution in [0.15, 0.2) is 18.3 Å². The van der Waals surface area contributed by atoms with Gasteiger partial charge in [-0.05, 0) is 45.7 Å². The molecule has 1 fully saturated rings. The second-order valence-electron chi connectivity index (χ2n) is 6.28. The van der Waals surface area contributed by atoms with Crippen LogP contribution in [0.5, 0.6) is 5.75 Å². The van der Waals surface area contributed by atoms with Crippen molar-refractivity contribution in [2.45, 2.75) is 45.3 Å². The van der Waals surface area contributed by atoms with E-state index in [1.54, 1.807) is 12.1 Å². The number of nitrogens with one attached hydrogen (secondary N) is 1. The van der Waals surface area contributed by atoms with Crippen LogP contribution in [-0.4, -0.2) is 40.9 Å². The SMILES string of the molecule is CC(C)(C)OC(=O)NC1CCN(c2ccc(O)cn2)CC1. The maximum atomic E-state index is 11.7. The summed E-state index contributed by atoms with van der Waals surface area (Å²) in [5.74, 6) is 1.02. The second-order valence-corrected chi connectivity index (χ2v) is 6.28. The summed E-state index contributed by atoms with van der Waals surface area (Å²) in [4.78, 5) is 18.1. The Morgan fingerprint density at radius 2 is 2.05 bits per heavy atom. The Morgan fingerprint density at radius 1 is 1.38 bits per heavy atom. The van der Waals surface area contributed by atoms with E-state index in [2.05, 4.69) is 15.2 Å². The summed E-state index contributed by atoms with van der Waals surface area (Å²) in [7, 11) is 0. The van der Waals surface area contributed by atoms with Gasteiger partial charge in [0.2, 0.25) is 0 Å². The molecule has 2 rings (SSSR count). The molecule has 1 aromatic rings. The number of aromatic nitrogens is 1. The number of rotatable bonds is 2. The number of carbonyl (C=O) groups excluding carboxylic acids is 1. The monoisotopic (exact) mass is 293 g/mol. The van der Waals surface area contributed by atoms with Gasteiger partial charge in [0.25, 0.3) is 0 Å². The fourth-order valence-corrected chi connectivity index (χ4v) is 2.29. The highest BCUT2D eigenvalue weighted by molar-refractivity contribution is 5.68. The molecular formula is C15H23N3O3. The summed E-state index contributed by atoms with van der Waals surface area (Å²) in [5.41, 5.74) is -0.471. The number of anilines is 1. The number of pyridine rings is 1. The van der Waals surface area contributed by atoms with Crippen LogP contribution in [-0.2, 0) is 4.74 Å². The zero-order valence-electron chi connectivity index (χ0n) is 12.8. The predicted molar refractivity (Wildman–Crippen MR) is 80.5 cm³/mol. The molecule has 0 radical (unpaired) electrons. The molecule has 21 heavy (non-hydrogen) atoms. The van der Waals surface area contributed by atoms with Gasteiger partial charge >= 0.3 is 6.09 Å². The molecule has 6 heteroatoms. The van der Waals surface area contributed by atoms with Gasteiger partial charge in [-0.1, -0.05) is 0 Å². The minimum Gasteiger partial charge on any atom is -0.506 e. The van der Waals surface area contributed by atoms with Crippen LogP contribution < -0.4 is 10.2 Å². The molecular weight excluding hydrogens is 270 g/mol. The lowest BCUT2D eigenvalue weighted by atomic mass is 10.1. The molecule has 2 heterocycles. The topological polar surface area (TPSA) is 74.7 Å². The molecule has 1 aliphatic heterocycles. The van der Waals surface area contributed by atoms with Gasteiger partial charge in [-0.2, -0.15) is 0 Å². The van der Waals surface area contributed by atoms with Gasteiger partial charge in [-0.25, -0.2) is 9.78 Å². The molecule has 0 saturated carbocycles. The lowest BCUT2D eigenvalue weighted by molar-refractivity contribution is 0.0497. The van der Waals surface area contributed by atoms with Gasteiger partial charge < -0.3 is 20.1 Å². The average Bonchev–Trinajstić information content (AvgIpc) is 2.38. The van der Waals surface area contributed by atoms with Crippen molar-refractivity contribution in [3.05, 3.63) is 18.3 Å². The van der Waals surface area contributed by atoms with Crippen LogP contribution in [0, 0.1) is 0 Å². The largest absolute Gasteiger partial charge is 0.506 e. The second kappa shape index (κ2) is 6.20. The molecule has 0 aliphatic carbocycles. The Labute approximate surface area is 125 Å². The fraction of sp³-hybridized carbons (Fsp3) is 0.600. The first-order chi connectivity index (χ1) is 9.83. The lowest BCUT2D eigenvalue weighted by Gasteiger charge is -2.33. The third-order valence-corrected chi connectivity index (χ3v) is 3.27. The number of hydrogen-bond acceptors (Lipinski definition) is 5. The third-order valence-electron chi connectivity index (χ3n) is 3.27. The van der Waals surface area contributed by atoms with Gasteiger partial charge in [-0.3, -0.25) is 0 Å². The Kier molecular flexibility index (Phi) is 4.55. The highest BCUT2D eigenvalue weighted by Gasteiger charge is 2.24. The molecule has 0 bridgehead atoms. The number of carbonyl (C=O) groups is 1. The highest BCUT2D eigenvalue weighted by Crippen LogP contribution is 2.20.